The van der Waals surface area contributed by atoms with Crippen LogP contribution in [0.15, 0.2) is 28.4 Å². The van der Waals surface area contributed by atoms with Crippen LogP contribution in [0.2, 0.25) is 0 Å². The summed E-state index contributed by atoms with van der Waals surface area (Å²) in [6, 6.07) is 0. The summed E-state index contributed by atoms with van der Waals surface area (Å²) in [5.74, 6) is 8.46. The van der Waals surface area contributed by atoms with Gasteiger partial charge in [-0.25, -0.2) is 0 Å². The van der Waals surface area contributed by atoms with Gasteiger partial charge < -0.3 is 0 Å². The van der Waals surface area contributed by atoms with Gasteiger partial charge in [-0.15, -0.1) is 0 Å². The largest absolute Gasteiger partial charge is 0.265 e. The first-order valence-corrected chi connectivity index (χ1v) is 15.8. The van der Waals surface area contributed by atoms with Crippen molar-refractivity contribution in [2.24, 2.45) is 63.7 Å². The molecule has 5 rings (SSSR count). The summed E-state index contributed by atoms with van der Waals surface area (Å²) in [5, 5.41) is 0. The van der Waals surface area contributed by atoms with Crippen molar-refractivity contribution >= 4 is 5.71 Å². The average molecular weight is 478 g/mol. The van der Waals surface area contributed by atoms with Crippen molar-refractivity contribution in [1.82, 2.24) is 0 Å². The Morgan fingerprint density at radius 3 is 2.63 bits per heavy atom. The number of hydrogen-bond acceptors (Lipinski definition) is 1. The Bertz CT molecular complexity index is 847. The normalized spacial score (nSPS) is 44.2. The lowest BCUT2D eigenvalue weighted by atomic mass is 9.48. The lowest BCUT2D eigenvalue weighted by molar-refractivity contribution is -0.0725. The molecule has 1 nitrogen and oxygen atoms in total. The molecule has 5 aliphatic rings. The van der Waals surface area contributed by atoms with Crippen molar-refractivity contribution < 1.29 is 0 Å². The van der Waals surface area contributed by atoms with E-state index in [9.17, 15) is 0 Å². The molecule has 10 atom stereocenters. The molecule has 0 aromatic carbocycles. The first kappa shape index (κ1) is 25.8. The maximum absolute atomic E-state index is 5.04. The zero-order chi connectivity index (χ0) is 24.7. The lowest BCUT2D eigenvalue weighted by Gasteiger charge is -2.56. The second kappa shape index (κ2) is 10.5. The number of rotatable bonds is 7. The van der Waals surface area contributed by atoms with E-state index < -0.39 is 0 Å². The maximum atomic E-state index is 5.04. The zero-order valence-corrected chi connectivity index (χ0v) is 24.0. The fourth-order valence-corrected chi connectivity index (χ4v) is 10.5. The summed E-state index contributed by atoms with van der Waals surface area (Å²) in [5.41, 5.74) is 5.12. The quantitative estimate of drug-likeness (QED) is 0.346. The van der Waals surface area contributed by atoms with E-state index in [4.69, 9.17) is 4.99 Å². The van der Waals surface area contributed by atoms with Gasteiger partial charge >= 0.3 is 0 Å². The molecule has 1 heterocycles. The van der Waals surface area contributed by atoms with E-state index in [1.807, 2.05) is 0 Å². The van der Waals surface area contributed by atoms with Gasteiger partial charge in [0.25, 0.3) is 0 Å². The Morgan fingerprint density at radius 1 is 1.06 bits per heavy atom. The molecular weight excluding hydrogens is 422 g/mol. The van der Waals surface area contributed by atoms with Crippen molar-refractivity contribution in [3.8, 4) is 0 Å². The molecule has 0 radical (unpaired) electrons. The fourth-order valence-electron chi connectivity index (χ4n) is 10.5. The van der Waals surface area contributed by atoms with Crippen LogP contribution in [-0.4, -0.2) is 5.71 Å². The van der Waals surface area contributed by atoms with Gasteiger partial charge in [0.05, 0.1) is 0 Å². The molecular formula is C34H55N. The SMILES string of the molecule is C/C=C(\CCCC)C1=CN=C(C[C@@H](C)[C@H]2CC[C@H]3C4CC[C@H]5C[C@@H](C)CCC5[C@H]4CC[C@]23C)C1C. The first-order valence-electron chi connectivity index (χ1n) is 15.8. The van der Waals surface area contributed by atoms with Crippen molar-refractivity contribution in [1.29, 1.82) is 0 Å². The van der Waals surface area contributed by atoms with Gasteiger partial charge in [0.15, 0.2) is 0 Å². The highest BCUT2D eigenvalue weighted by atomic mass is 14.8. The Labute approximate surface area is 217 Å². The van der Waals surface area contributed by atoms with Crippen LogP contribution in [0.3, 0.4) is 0 Å². The molecule has 3 unspecified atom stereocenters. The monoisotopic (exact) mass is 477 g/mol. The number of unbranched alkanes of at least 4 members (excludes halogenated alkanes) is 1. The summed E-state index contributed by atoms with van der Waals surface area (Å²) in [7, 11) is 0. The van der Waals surface area contributed by atoms with Gasteiger partial charge in [-0.3, -0.25) is 4.99 Å². The molecule has 196 valence electrons. The van der Waals surface area contributed by atoms with Crippen LogP contribution in [0, 0.1) is 58.7 Å². The molecule has 0 N–H and O–H groups in total. The van der Waals surface area contributed by atoms with E-state index in [2.05, 4.69) is 53.8 Å². The van der Waals surface area contributed by atoms with E-state index in [1.54, 1.807) is 37.7 Å². The van der Waals surface area contributed by atoms with E-state index in [1.165, 1.54) is 62.7 Å². The Hall–Kier alpha value is -0.850. The zero-order valence-electron chi connectivity index (χ0n) is 24.0. The Kier molecular flexibility index (Phi) is 7.73. The van der Waals surface area contributed by atoms with Gasteiger partial charge in [0.2, 0.25) is 0 Å². The van der Waals surface area contributed by atoms with Crippen molar-refractivity contribution in [3.63, 3.8) is 0 Å². The summed E-state index contributed by atoms with van der Waals surface area (Å²) in [4.78, 5) is 5.04. The minimum atomic E-state index is 0.519. The van der Waals surface area contributed by atoms with Crippen molar-refractivity contribution in [2.75, 3.05) is 0 Å². The van der Waals surface area contributed by atoms with Gasteiger partial charge in [-0.1, -0.05) is 53.5 Å². The van der Waals surface area contributed by atoms with Crippen LogP contribution in [0.4, 0.5) is 0 Å². The van der Waals surface area contributed by atoms with E-state index >= 15 is 0 Å². The molecule has 1 heteroatoms. The first-order chi connectivity index (χ1) is 16.9. The molecule has 0 spiro atoms. The van der Waals surface area contributed by atoms with Crippen LogP contribution in [0.1, 0.15) is 125 Å². The summed E-state index contributed by atoms with van der Waals surface area (Å²) < 4.78 is 0. The minimum absolute atomic E-state index is 0.519. The summed E-state index contributed by atoms with van der Waals surface area (Å²) >= 11 is 0. The highest BCUT2D eigenvalue weighted by Gasteiger charge is 2.57. The lowest BCUT2D eigenvalue weighted by Crippen LogP contribution is -2.49. The number of hydrogen-bond donors (Lipinski definition) is 0. The highest BCUT2D eigenvalue weighted by molar-refractivity contribution is 5.92. The van der Waals surface area contributed by atoms with Crippen LogP contribution in [0.5, 0.6) is 0 Å². The molecule has 4 fully saturated rings. The van der Waals surface area contributed by atoms with E-state index in [0.29, 0.717) is 11.3 Å². The number of allylic oxidation sites excluding steroid dienone is 3. The molecule has 0 saturated heterocycles. The Balaban J connectivity index is 1.23. The molecule has 4 saturated carbocycles. The topological polar surface area (TPSA) is 12.4 Å². The summed E-state index contributed by atoms with van der Waals surface area (Å²) in [6.07, 6.45) is 23.3. The number of fused-ring (bicyclic) bond motifs is 5. The third-order valence-electron chi connectivity index (χ3n) is 12.4. The number of aliphatic imine (C=N–C) groups is 1. The number of nitrogens with zero attached hydrogens (tertiary/aromatic N) is 1. The highest BCUT2D eigenvalue weighted by Crippen LogP contribution is 2.65. The predicted octanol–water partition coefficient (Wildman–Crippen LogP) is 10.0. The minimum Gasteiger partial charge on any atom is -0.265 e. The van der Waals surface area contributed by atoms with Crippen molar-refractivity contribution in [2.45, 2.75) is 125 Å². The van der Waals surface area contributed by atoms with Crippen LogP contribution >= 0.6 is 0 Å². The fraction of sp³-hybridized carbons (Fsp3) is 0.853. The molecule has 0 amide bonds. The molecule has 0 aromatic heterocycles. The van der Waals surface area contributed by atoms with Crippen LogP contribution in [-0.2, 0) is 0 Å². The van der Waals surface area contributed by atoms with Gasteiger partial charge in [-0.05, 0) is 141 Å². The molecule has 1 aliphatic heterocycles. The average Bonchev–Trinajstić information content (AvgIpc) is 3.39. The van der Waals surface area contributed by atoms with Crippen LogP contribution < -0.4 is 0 Å². The van der Waals surface area contributed by atoms with Gasteiger partial charge in [0.1, 0.15) is 0 Å². The van der Waals surface area contributed by atoms with E-state index in [-0.39, 0.29) is 0 Å². The van der Waals surface area contributed by atoms with Gasteiger partial charge in [-0.2, -0.15) is 0 Å². The van der Waals surface area contributed by atoms with Crippen LogP contribution in [0.25, 0.3) is 0 Å². The second-order valence-electron chi connectivity index (χ2n) is 14.1. The maximum Gasteiger partial charge on any atom is 0.0308 e. The van der Waals surface area contributed by atoms with Crippen molar-refractivity contribution in [3.05, 3.63) is 23.4 Å². The smallest absolute Gasteiger partial charge is 0.0308 e. The molecule has 35 heavy (non-hydrogen) atoms. The molecule has 0 bridgehead atoms. The third kappa shape index (κ3) is 4.65. The third-order valence-corrected chi connectivity index (χ3v) is 12.4. The van der Waals surface area contributed by atoms with E-state index in [0.717, 1.165) is 47.3 Å². The summed E-state index contributed by atoms with van der Waals surface area (Å²) in [6.45, 7) is 14.8. The standard InChI is InChI=1S/C34H55N/c1-7-9-10-25(8-2)30-21-35-33(24(30)5)20-23(4)31-15-16-32-29-14-12-26-19-22(3)11-13-27(26)28(29)17-18-34(31,32)6/h8,21-24,26-29,31-32H,7,9-20H2,1-6H3/b25-8+/t22-,23+,24?,26-,27?,28+,29?,31+,32-,34+/m0/s1. The molecule has 4 aliphatic carbocycles. The Morgan fingerprint density at radius 2 is 1.86 bits per heavy atom. The predicted molar refractivity (Wildman–Crippen MR) is 152 cm³/mol. The second-order valence-corrected chi connectivity index (χ2v) is 14.1. The van der Waals surface area contributed by atoms with Gasteiger partial charge in [0, 0.05) is 17.8 Å². The molecule has 0 aromatic rings.